The Morgan fingerprint density at radius 1 is 0.545 bits per heavy atom. The van der Waals surface area contributed by atoms with Gasteiger partial charge in [-0.1, -0.05) is 52.0 Å². The molecule has 0 N–H and O–H groups in total. The molecule has 2 heterocycles. The Morgan fingerprint density at radius 3 is 1.18 bits per heavy atom. The van der Waals surface area contributed by atoms with Gasteiger partial charge in [-0.3, -0.25) is 0 Å². The summed E-state index contributed by atoms with van der Waals surface area (Å²) in [6.07, 6.45) is 0. The Bertz CT molecular complexity index is 649. The highest BCUT2D eigenvalue weighted by molar-refractivity contribution is 7.08. The van der Waals surface area contributed by atoms with E-state index in [2.05, 4.69) is 85.6 Å². The molecule has 1 aromatic carbocycles. The van der Waals surface area contributed by atoms with Crippen molar-refractivity contribution in [2.24, 2.45) is 0 Å². The standard InChI is InChI=1S/C20H22S2/c1-19(2,17-9-11-21-13-17)15-5-7-16(8-6-15)20(3,4)18-10-12-22-14-18/h5-14H,1-4H3. The predicted octanol–water partition coefficient (Wildman–Crippen LogP) is 6.46. The van der Waals surface area contributed by atoms with Gasteiger partial charge in [-0.05, 0) is 55.9 Å². The highest BCUT2D eigenvalue weighted by Crippen LogP contribution is 2.36. The maximum atomic E-state index is 2.30. The van der Waals surface area contributed by atoms with Crippen LogP contribution in [-0.2, 0) is 10.8 Å². The minimum absolute atomic E-state index is 0.0606. The van der Waals surface area contributed by atoms with E-state index in [1.54, 1.807) is 22.7 Å². The Hall–Kier alpha value is -1.38. The Labute approximate surface area is 141 Å². The van der Waals surface area contributed by atoms with Gasteiger partial charge in [0.25, 0.3) is 0 Å². The Balaban J connectivity index is 1.94. The van der Waals surface area contributed by atoms with Gasteiger partial charge in [-0.2, -0.15) is 22.7 Å². The molecule has 0 aliphatic heterocycles. The van der Waals surface area contributed by atoms with E-state index in [-0.39, 0.29) is 10.8 Å². The van der Waals surface area contributed by atoms with Crippen LogP contribution in [0.5, 0.6) is 0 Å². The lowest BCUT2D eigenvalue weighted by atomic mass is 9.76. The van der Waals surface area contributed by atoms with Crippen molar-refractivity contribution in [2.75, 3.05) is 0 Å². The van der Waals surface area contributed by atoms with E-state index in [9.17, 15) is 0 Å². The van der Waals surface area contributed by atoms with Gasteiger partial charge in [0.15, 0.2) is 0 Å². The number of hydrogen-bond acceptors (Lipinski definition) is 2. The molecule has 0 saturated carbocycles. The molecule has 0 saturated heterocycles. The van der Waals surface area contributed by atoms with Crippen molar-refractivity contribution in [3.8, 4) is 0 Å². The maximum Gasteiger partial charge on any atom is 0.0154 e. The van der Waals surface area contributed by atoms with E-state index in [1.165, 1.54) is 22.3 Å². The van der Waals surface area contributed by atoms with E-state index < -0.39 is 0 Å². The van der Waals surface area contributed by atoms with E-state index in [1.807, 2.05) is 0 Å². The van der Waals surface area contributed by atoms with E-state index in [4.69, 9.17) is 0 Å². The summed E-state index contributed by atoms with van der Waals surface area (Å²) in [4.78, 5) is 0. The second-order valence-electron chi connectivity index (χ2n) is 6.85. The molecule has 114 valence electrons. The molecule has 0 unspecified atom stereocenters. The third-order valence-corrected chi connectivity index (χ3v) is 6.18. The molecule has 2 aromatic heterocycles. The zero-order valence-corrected chi connectivity index (χ0v) is 15.2. The van der Waals surface area contributed by atoms with Crippen molar-refractivity contribution < 1.29 is 0 Å². The van der Waals surface area contributed by atoms with E-state index in [0.29, 0.717) is 0 Å². The lowest BCUT2D eigenvalue weighted by molar-refractivity contribution is 0.629. The first kappa shape index (κ1) is 15.5. The number of benzene rings is 1. The van der Waals surface area contributed by atoms with Crippen LogP contribution in [0.2, 0.25) is 0 Å². The maximum absolute atomic E-state index is 2.30. The van der Waals surface area contributed by atoms with Gasteiger partial charge >= 0.3 is 0 Å². The second-order valence-corrected chi connectivity index (χ2v) is 8.41. The lowest BCUT2D eigenvalue weighted by Gasteiger charge is -2.28. The molecule has 3 rings (SSSR count). The van der Waals surface area contributed by atoms with Crippen molar-refractivity contribution in [3.05, 3.63) is 80.2 Å². The zero-order chi connectivity index (χ0) is 15.8. The minimum Gasteiger partial charge on any atom is -0.152 e. The SMILES string of the molecule is CC(C)(c1ccc(C(C)(C)c2ccsc2)cc1)c1ccsc1. The Kier molecular flexibility index (Phi) is 4.00. The van der Waals surface area contributed by atoms with Crippen LogP contribution in [0.25, 0.3) is 0 Å². The first-order chi connectivity index (χ1) is 10.4. The van der Waals surface area contributed by atoms with Crippen molar-refractivity contribution in [2.45, 2.75) is 38.5 Å². The minimum atomic E-state index is 0.0606. The van der Waals surface area contributed by atoms with Gasteiger partial charge in [0, 0.05) is 10.8 Å². The third-order valence-electron chi connectivity index (χ3n) is 4.81. The summed E-state index contributed by atoms with van der Waals surface area (Å²) in [5.74, 6) is 0. The molecule has 0 nitrogen and oxygen atoms in total. The summed E-state index contributed by atoms with van der Waals surface area (Å²) >= 11 is 3.54. The van der Waals surface area contributed by atoms with Gasteiger partial charge in [0.2, 0.25) is 0 Å². The lowest BCUT2D eigenvalue weighted by Crippen LogP contribution is -2.20. The fourth-order valence-corrected chi connectivity index (χ4v) is 4.52. The monoisotopic (exact) mass is 326 g/mol. The van der Waals surface area contributed by atoms with Crippen molar-refractivity contribution in [1.29, 1.82) is 0 Å². The normalized spacial score (nSPS) is 12.5. The number of thiophene rings is 2. The quantitative estimate of drug-likeness (QED) is 0.516. The van der Waals surface area contributed by atoms with Crippen LogP contribution in [0.4, 0.5) is 0 Å². The van der Waals surface area contributed by atoms with Crippen LogP contribution in [0.1, 0.15) is 49.9 Å². The van der Waals surface area contributed by atoms with Gasteiger partial charge in [-0.25, -0.2) is 0 Å². The van der Waals surface area contributed by atoms with Crippen LogP contribution in [0, 0.1) is 0 Å². The summed E-state index contributed by atoms with van der Waals surface area (Å²) in [6.45, 7) is 9.20. The van der Waals surface area contributed by atoms with Gasteiger partial charge in [0.1, 0.15) is 0 Å². The summed E-state index contributed by atoms with van der Waals surface area (Å²) in [6, 6.07) is 13.6. The summed E-state index contributed by atoms with van der Waals surface area (Å²) in [5.41, 5.74) is 5.65. The first-order valence-corrected chi connectivity index (χ1v) is 9.47. The summed E-state index contributed by atoms with van der Waals surface area (Å²) < 4.78 is 0. The second kappa shape index (κ2) is 5.68. The molecule has 0 spiro atoms. The first-order valence-electron chi connectivity index (χ1n) is 7.59. The molecule has 0 fully saturated rings. The third kappa shape index (κ3) is 2.66. The van der Waals surface area contributed by atoms with Gasteiger partial charge in [-0.15, -0.1) is 0 Å². The average molecular weight is 327 g/mol. The number of rotatable bonds is 4. The smallest absolute Gasteiger partial charge is 0.0154 e. The van der Waals surface area contributed by atoms with E-state index >= 15 is 0 Å². The van der Waals surface area contributed by atoms with Gasteiger partial charge < -0.3 is 0 Å². The largest absolute Gasteiger partial charge is 0.152 e. The molecule has 0 aliphatic rings. The molecular weight excluding hydrogens is 304 g/mol. The van der Waals surface area contributed by atoms with Crippen LogP contribution >= 0.6 is 22.7 Å². The fraction of sp³-hybridized carbons (Fsp3) is 0.300. The summed E-state index contributed by atoms with van der Waals surface area (Å²) in [7, 11) is 0. The number of hydrogen-bond donors (Lipinski definition) is 0. The molecule has 0 atom stereocenters. The van der Waals surface area contributed by atoms with Crippen molar-refractivity contribution in [3.63, 3.8) is 0 Å². The predicted molar refractivity (Wildman–Crippen MR) is 99.3 cm³/mol. The van der Waals surface area contributed by atoms with E-state index in [0.717, 1.165) is 0 Å². The molecule has 0 bridgehead atoms. The van der Waals surface area contributed by atoms with Crippen LogP contribution in [-0.4, -0.2) is 0 Å². The highest BCUT2D eigenvalue weighted by Gasteiger charge is 2.26. The van der Waals surface area contributed by atoms with Crippen LogP contribution in [0.15, 0.2) is 57.9 Å². The molecule has 0 radical (unpaired) electrons. The van der Waals surface area contributed by atoms with Crippen LogP contribution in [0.3, 0.4) is 0 Å². The van der Waals surface area contributed by atoms with Gasteiger partial charge in [0.05, 0.1) is 0 Å². The Morgan fingerprint density at radius 2 is 0.909 bits per heavy atom. The molecule has 0 amide bonds. The highest BCUT2D eigenvalue weighted by atomic mass is 32.1. The zero-order valence-electron chi connectivity index (χ0n) is 13.6. The molecule has 2 heteroatoms. The topological polar surface area (TPSA) is 0 Å². The molecule has 3 aromatic rings. The molecular formula is C20H22S2. The average Bonchev–Trinajstić information content (AvgIpc) is 3.20. The van der Waals surface area contributed by atoms with Crippen LogP contribution < -0.4 is 0 Å². The van der Waals surface area contributed by atoms with Crippen molar-refractivity contribution >= 4 is 22.7 Å². The van der Waals surface area contributed by atoms with Crippen molar-refractivity contribution in [1.82, 2.24) is 0 Å². The fourth-order valence-electron chi connectivity index (χ4n) is 2.88. The molecule has 22 heavy (non-hydrogen) atoms. The molecule has 0 aliphatic carbocycles. The summed E-state index contributed by atoms with van der Waals surface area (Å²) in [5, 5.41) is 8.82.